The zero-order chi connectivity index (χ0) is 48.5. The molecule has 350 valence electrons. The van der Waals surface area contributed by atoms with E-state index in [0.717, 1.165) is 61.8 Å². The molecule has 0 saturated heterocycles. The van der Waals surface area contributed by atoms with Crippen molar-refractivity contribution in [2.75, 3.05) is 16.1 Å². The van der Waals surface area contributed by atoms with E-state index >= 15 is 0 Å². The van der Waals surface area contributed by atoms with Crippen molar-refractivity contribution >= 4 is 101 Å². The van der Waals surface area contributed by atoms with Crippen molar-refractivity contribution in [3.63, 3.8) is 0 Å². The zero-order valence-corrected chi connectivity index (χ0v) is 42.7. The molecule has 2 unspecified atom stereocenters. The lowest BCUT2D eigenvalue weighted by Gasteiger charge is -2.32. The first-order valence-electron chi connectivity index (χ1n) is 25.1. The van der Waals surface area contributed by atoms with Crippen LogP contribution in [0.15, 0.2) is 174 Å². The van der Waals surface area contributed by atoms with Gasteiger partial charge in [-0.25, -0.2) is 0 Å². The molecule has 12 rings (SSSR count). The van der Waals surface area contributed by atoms with E-state index < -0.39 is 0 Å². The summed E-state index contributed by atoms with van der Waals surface area (Å²) in [5.41, 5.74) is 14.8. The van der Waals surface area contributed by atoms with Crippen LogP contribution in [0, 0.1) is 0 Å². The van der Waals surface area contributed by atoms with Crippen LogP contribution in [0.4, 0.5) is 34.1 Å². The maximum atomic E-state index is 6.98. The molecule has 9 aromatic carbocycles. The molecular weight excluding hydrogens is 873 g/mol. The smallest absolute Gasteiger partial charge is 0.159 e. The SMILES string of the molecule is CC(C)c1ccc(N(c2cccc3c2OC2C=CC=CC32)c2cc(C(C)C)c3ccc4c(N(c5ccc(C(C)C)cc5)c5cccc6c5oc5ccccc56)cc(C(C)C)c5ccc2c3c54)cc1.CS. The van der Waals surface area contributed by atoms with Crippen LogP contribution >= 0.6 is 12.6 Å². The summed E-state index contributed by atoms with van der Waals surface area (Å²) in [6.45, 7) is 18.4. The van der Waals surface area contributed by atoms with Gasteiger partial charge in [0.25, 0.3) is 0 Å². The fraction of sp³-hybridized carbons (Fsp3) is 0.231. The minimum absolute atomic E-state index is 0.0308. The molecule has 0 amide bonds. The summed E-state index contributed by atoms with van der Waals surface area (Å²) in [7, 11) is 0. The van der Waals surface area contributed by atoms with Gasteiger partial charge in [-0.1, -0.05) is 165 Å². The fourth-order valence-electron chi connectivity index (χ4n) is 11.3. The molecule has 0 N–H and O–H groups in total. The molecule has 1 aromatic heterocycles. The molecule has 0 fully saturated rings. The number of rotatable bonds is 10. The number of allylic oxidation sites excluding steroid dienone is 2. The molecule has 70 heavy (non-hydrogen) atoms. The first-order chi connectivity index (χ1) is 34.0. The second kappa shape index (κ2) is 18.1. The molecule has 10 aromatic rings. The molecule has 5 heteroatoms. The number of thiol groups is 1. The van der Waals surface area contributed by atoms with E-state index in [1.54, 1.807) is 6.26 Å². The van der Waals surface area contributed by atoms with Crippen molar-refractivity contribution in [1.82, 2.24) is 0 Å². The van der Waals surface area contributed by atoms with Gasteiger partial charge in [0.05, 0.1) is 22.7 Å². The van der Waals surface area contributed by atoms with Gasteiger partial charge in [-0.05, 0) is 134 Å². The molecule has 2 heterocycles. The number of furan rings is 1. The van der Waals surface area contributed by atoms with Crippen LogP contribution in [0.5, 0.6) is 5.75 Å². The first-order valence-corrected chi connectivity index (χ1v) is 26.0. The number of hydrogen-bond donors (Lipinski definition) is 1. The summed E-state index contributed by atoms with van der Waals surface area (Å²) in [4.78, 5) is 4.95. The van der Waals surface area contributed by atoms with Crippen LogP contribution in [-0.4, -0.2) is 12.4 Å². The van der Waals surface area contributed by atoms with Crippen molar-refractivity contribution in [2.45, 2.75) is 91.1 Å². The van der Waals surface area contributed by atoms with Crippen molar-refractivity contribution in [1.29, 1.82) is 0 Å². The van der Waals surface area contributed by atoms with Gasteiger partial charge >= 0.3 is 0 Å². The van der Waals surface area contributed by atoms with Crippen LogP contribution in [0.3, 0.4) is 0 Å². The van der Waals surface area contributed by atoms with Crippen molar-refractivity contribution in [2.24, 2.45) is 0 Å². The van der Waals surface area contributed by atoms with Gasteiger partial charge in [-0.15, -0.1) is 0 Å². The highest BCUT2D eigenvalue weighted by Crippen LogP contribution is 2.55. The van der Waals surface area contributed by atoms with E-state index in [9.17, 15) is 0 Å². The van der Waals surface area contributed by atoms with Gasteiger partial charge < -0.3 is 19.0 Å². The molecule has 0 spiro atoms. The average Bonchev–Trinajstić information content (AvgIpc) is 3.96. The Balaban J connectivity index is 0.00000263. The Morgan fingerprint density at radius 3 is 1.51 bits per heavy atom. The maximum Gasteiger partial charge on any atom is 0.159 e. The number of nitrogens with zero attached hydrogens (tertiary/aromatic N) is 2. The second-order valence-electron chi connectivity index (χ2n) is 20.3. The monoisotopic (exact) mass is 934 g/mol. The Labute approximate surface area is 418 Å². The molecular formula is C65H62N2O2S. The summed E-state index contributed by atoms with van der Waals surface area (Å²) in [5, 5.41) is 9.81. The minimum Gasteiger partial charge on any atom is -0.483 e. The number of para-hydroxylation sites is 3. The normalized spacial score (nSPS) is 15.2. The molecule has 4 nitrogen and oxygen atoms in total. The Kier molecular flexibility index (Phi) is 11.8. The van der Waals surface area contributed by atoms with Crippen LogP contribution in [0.2, 0.25) is 0 Å². The van der Waals surface area contributed by atoms with E-state index in [1.807, 2.05) is 0 Å². The van der Waals surface area contributed by atoms with Crippen LogP contribution in [0.25, 0.3) is 54.3 Å². The quantitative estimate of drug-likeness (QED) is 0.109. The third-order valence-corrected chi connectivity index (χ3v) is 14.9. The van der Waals surface area contributed by atoms with Gasteiger partial charge in [0.1, 0.15) is 17.4 Å². The fourth-order valence-corrected chi connectivity index (χ4v) is 11.3. The lowest BCUT2D eigenvalue weighted by atomic mass is 9.84. The lowest BCUT2D eigenvalue weighted by molar-refractivity contribution is 0.269. The van der Waals surface area contributed by atoms with Crippen LogP contribution in [-0.2, 0) is 0 Å². The van der Waals surface area contributed by atoms with Crippen molar-refractivity contribution in [3.05, 3.63) is 198 Å². The molecule has 2 aliphatic rings. The predicted molar refractivity (Wildman–Crippen MR) is 303 cm³/mol. The standard InChI is InChI=1S/C64H58N2O2.CH4S/c1-37(2)41-23-27-43(28-24-41)65(55-19-13-17-49-45-15-9-11-21-59(45)67-63(49)55)57-35-53(39(5)6)47-32-34-52-58(36-54(40(7)8)48-31-33-51(57)61(47)62(48)52)66(44-29-25-42(26-30-44)38(3)4)56-20-14-18-50-46-16-10-12-22-60(46)68-64(50)56;1-2/h9-40,45,59H,1-8H3;2H,1H3. The third kappa shape index (κ3) is 7.35. The second-order valence-corrected chi connectivity index (χ2v) is 20.3. The number of benzene rings is 9. The Hall–Kier alpha value is -6.95. The summed E-state index contributed by atoms with van der Waals surface area (Å²) >= 11 is 3.53. The lowest BCUT2D eigenvalue weighted by Crippen LogP contribution is -2.16. The van der Waals surface area contributed by atoms with Gasteiger partial charge in [-0.3, -0.25) is 0 Å². The number of fused-ring (bicyclic) bond motifs is 6. The molecule has 0 bridgehead atoms. The van der Waals surface area contributed by atoms with Crippen molar-refractivity contribution in [3.8, 4) is 5.75 Å². The molecule has 0 radical (unpaired) electrons. The van der Waals surface area contributed by atoms with E-state index in [2.05, 4.69) is 248 Å². The highest BCUT2D eigenvalue weighted by Gasteiger charge is 2.36. The molecule has 0 saturated carbocycles. The summed E-state index contributed by atoms with van der Waals surface area (Å²) in [6, 6.07) is 54.6. The maximum absolute atomic E-state index is 6.98. The van der Waals surface area contributed by atoms with Gasteiger partial charge in [0.15, 0.2) is 5.58 Å². The Morgan fingerprint density at radius 2 is 0.943 bits per heavy atom. The van der Waals surface area contributed by atoms with Gasteiger partial charge in [0, 0.05) is 44.4 Å². The topological polar surface area (TPSA) is 28.9 Å². The first kappa shape index (κ1) is 45.5. The molecule has 1 aliphatic carbocycles. The van der Waals surface area contributed by atoms with Gasteiger partial charge in [-0.2, -0.15) is 12.6 Å². The number of ether oxygens (including phenoxy) is 1. The average molecular weight is 935 g/mol. The summed E-state index contributed by atoms with van der Waals surface area (Å²) in [6.07, 6.45) is 10.4. The predicted octanol–water partition coefficient (Wildman–Crippen LogP) is 19.4. The Morgan fingerprint density at radius 1 is 0.443 bits per heavy atom. The third-order valence-electron chi connectivity index (χ3n) is 14.9. The van der Waals surface area contributed by atoms with E-state index in [1.165, 1.54) is 60.1 Å². The largest absolute Gasteiger partial charge is 0.483 e. The van der Waals surface area contributed by atoms with Crippen LogP contribution in [0.1, 0.15) is 113 Å². The number of hydrogen-bond acceptors (Lipinski definition) is 5. The van der Waals surface area contributed by atoms with E-state index in [-0.39, 0.29) is 23.9 Å². The number of anilines is 6. The Bertz CT molecular complexity index is 3630. The van der Waals surface area contributed by atoms with Crippen LogP contribution < -0.4 is 14.5 Å². The highest BCUT2D eigenvalue weighted by molar-refractivity contribution is 7.79. The molecule has 1 aliphatic heterocycles. The van der Waals surface area contributed by atoms with Crippen molar-refractivity contribution < 1.29 is 9.15 Å². The summed E-state index contributed by atoms with van der Waals surface area (Å²) < 4.78 is 13.8. The van der Waals surface area contributed by atoms with Gasteiger partial charge in [0.2, 0.25) is 0 Å². The van der Waals surface area contributed by atoms with E-state index in [4.69, 9.17) is 9.15 Å². The molecule has 2 atom stereocenters. The highest BCUT2D eigenvalue weighted by atomic mass is 32.1. The zero-order valence-electron chi connectivity index (χ0n) is 41.8. The minimum atomic E-state index is -0.0308. The van der Waals surface area contributed by atoms with E-state index in [0.29, 0.717) is 11.8 Å². The summed E-state index contributed by atoms with van der Waals surface area (Å²) in [5.74, 6) is 2.46.